The van der Waals surface area contributed by atoms with E-state index in [-0.39, 0.29) is 17.7 Å². The molecule has 4 heteroatoms. The first kappa shape index (κ1) is 15.5. The summed E-state index contributed by atoms with van der Waals surface area (Å²) in [6.45, 7) is 2.55. The lowest BCUT2D eigenvalue weighted by Crippen LogP contribution is -2.18. The lowest BCUT2D eigenvalue weighted by molar-refractivity contribution is 0.572. The smallest absolute Gasteiger partial charge is 0.124 e. The molecule has 0 heterocycles. The van der Waals surface area contributed by atoms with Crippen LogP contribution in [0.4, 0.5) is 4.39 Å². The second-order valence-electron chi connectivity index (χ2n) is 4.89. The number of hydrogen-bond acceptors (Lipinski definition) is 1. The molecule has 2 atom stereocenters. The lowest BCUT2D eigenvalue weighted by Gasteiger charge is -2.24. The molecule has 0 aliphatic carbocycles. The molecule has 0 aliphatic rings. The zero-order valence-corrected chi connectivity index (χ0v) is 13.5. The van der Waals surface area contributed by atoms with E-state index in [2.05, 4.69) is 22.9 Å². The van der Waals surface area contributed by atoms with Gasteiger partial charge in [-0.05, 0) is 53.9 Å². The van der Waals surface area contributed by atoms with E-state index in [1.54, 1.807) is 6.07 Å². The van der Waals surface area contributed by atoms with E-state index in [0.29, 0.717) is 11.6 Å². The molecule has 0 saturated heterocycles. The summed E-state index contributed by atoms with van der Waals surface area (Å²) in [5.74, 6) is -0.00901. The van der Waals surface area contributed by atoms with Crippen LogP contribution in [0.1, 0.15) is 29.9 Å². The zero-order chi connectivity index (χ0) is 14.7. The highest BCUT2D eigenvalue weighted by molar-refractivity contribution is 9.10. The molecule has 2 aromatic carbocycles. The molecular weight excluding hydrogens is 341 g/mol. The molecular formula is C16H16BrClFN. The topological polar surface area (TPSA) is 26.0 Å². The van der Waals surface area contributed by atoms with Gasteiger partial charge in [-0.15, -0.1) is 0 Å². The minimum Gasteiger partial charge on any atom is -0.330 e. The molecule has 0 amide bonds. The van der Waals surface area contributed by atoms with Crippen molar-refractivity contribution in [2.45, 2.75) is 18.8 Å². The van der Waals surface area contributed by atoms with Crippen molar-refractivity contribution in [1.82, 2.24) is 0 Å². The fourth-order valence-corrected chi connectivity index (χ4v) is 3.03. The fourth-order valence-electron chi connectivity index (χ4n) is 2.42. The van der Waals surface area contributed by atoms with Crippen molar-refractivity contribution in [2.75, 3.05) is 6.54 Å². The summed E-state index contributed by atoms with van der Waals surface area (Å²) in [7, 11) is 0. The van der Waals surface area contributed by atoms with E-state index in [0.717, 1.165) is 15.6 Å². The van der Waals surface area contributed by atoms with Gasteiger partial charge in [0.1, 0.15) is 5.82 Å². The molecule has 2 unspecified atom stereocenters. The summed E-state index contributed by atoms with van der Waals surface area (Å²) in [6, 6.07) is 12.6. The van der Waals surface area contributed by atoms with Crippen LogP contribution in [0.15, 0.2) is 46.9 Å². The Morgan fingerprint density at radius 1 is 1.15 bits per heavy atom. The summed E-state index contributed by atoms with van der Waals surface area (Å²) in [5.41, 5.74) is 7.96. The summed E-state index contributed by atoms with van der Waals surface area (Å²) in [5, 5.41) is 0.707. The van der Waals surface area contributed by atoms with Gasteiger partial charge in [-0.1, -0.05) is 46.6 Å². The third kappa shape index (κ3) is 3.60. The van der Waals surface area contributed by atoms with E-state index >= 15 is 0 Å². The largest absolute Gasteiger partial charge is 0.330 e. The maximum Gasteiger partial charge on any atom is 0.124 e. The molecule has 2 aromatic rings. The summed E-state index contributed by atoms with van der Waals surface area (Å²) in [4.78, 5) is 0. The van der Waals surface area contributed by atoms with Crippen LogP contribution in [0.3, 0.4) is 0 Å². The second kappa shape index (κ2) is 6.70. The maximum atomic E-state index is 13.6. The SMILES string of the molecule is CC(c1ccc(Cl)cc1)C(CN)c1cc(F)cc(Br)c1. The van der Waals surface area contributed by atoms with Crippen LogP contribution in [0, 0.1) is 5.82 Å². The minimum absolute atomic E-state index is 0.0585. The Kier molecular flexibility index (Phi) is 5.19. The van der Waals surface area contributed by atoms with Gasteiger partial charge in [0.2, 0.25) is 0 Å². The molecule has 0 bridgehead atoms. The third-order valence-corrected chi connectivity index (χ3v) is 4.28. The molecule has 106 valence electrons. The summed E-state index contributed by atoms with van der Waals surface area (Å²) >= 11 is 9.23. The number of nitrogens with two attached hydrogens (primary N) is 1. The Morgan fingerprint density at radius 2 is 1.80 bits per heavy atom. The van der Waals surface area contributed by atoms with E-state index in [1.165, 1.54) is 6.07 Å². The molecule has 2 rings (SSSR count). The van der Waals surface area contributed by atoms with Crippen molar-refractivity contribution in [3.63, 3.8) is 0 Å². The predicted molar refractivity (Wildman–Crippen MR) is 85.8 cm³/mol. The Morgan fingerprint density at radius 3 is 2.35 bits per heavy atom. The summed E-state index contributed by atoms with van der Waals surface area (Å²) in [6.07, 6.45) is 0. The van der Waals surface area contributed by atoms with Crippen LogP contribution in [-0.2, 0) is 0 Å². The van der Waals surface area contributed by atoms with Gasteiger partial charge >= 0.3 is 0 Å². The quantitative estimate of drug-likeness (QED) is 0.811. The molecule has 20 heavy (non-hydrogen) atoms. The van der Waals surface area contributed by atoms with Crippen molar-refractivity contribution in [3.8, 4) is 0 Å². The van der Waals surface area contributed by atoms with Gasteiger partial charge in [0.05, 0.1) is 0 Å². The number of rotatable bonds is 4. The normalized spacial score (nSPS) is 14.1. The van der Waals surface area contributed by atoms with E-state index in [9.17, 15) is 4.39 Å². The van der Waals surface area contributed by atoms with Gasteiger partial charge in [0.15, 0.2) is 0 Å². The van der Waals surface area contributed by atoms with Gasteiger partial charge < -0.3 is 5.73 Å². The first-order chi connectivity index (χ1) is 9.51. The molecule has 0 aliphatic heterocycles. The van der Waals surface area contributed by atoms with Crippen molar-refractivity contribution >= 4 is 27.5 Å². The molecule has 0 spiro atoms. The number of benzene rings is 2. The molecule has 0 saturated carbocycles. The Hall–Kier alpha value is -0.900. The average molecular weight is 357 g/mol. The second-order valence-corrected chi connectivity index (χ2v) is 6.24. The lowest BCUT2D eigenvalue weighted by atomic mass is 9.83. The van der Waals surface area contributed by atoms with E-state index in [1.807, 2.05) is 30.3 Å². The van der Waals surface area contributed by atoms with Crippen molar-refractivity contribution in [1.29, 1.82) is 0 Å². The minimum atomic E-state index is -0.254. The first-order valence-electron chi connectivity index (χ1n) is 6.42. The van der Waals surface area contributed by atoms with Gasteiger partial charge in [0.25, 0.3) is 0 Å². The highest BCUT2D eigenvalue weighted by atomic mass is 79.9. The number of halogens is 3. The Labute approximate surface area is 132 Å². The van der Waals surface area contributed by atoms with Crippen LogP contribution >= 0.6 is 27.5 Å². The van der Waals surface area contributed by atoms with Crippen molar-refractivity contribution in [3.05, 3.63) is 68.9 Å². The van der Waals surface area contributed by atoms with Gasteiger partial charge in [0, 0.05) is 15.4 Å². The van der Waals surface area contributed by atoms with Crippen LogP contribution in [0.2, 0.25) is 5.02 Å². The van der Waals surface area contributed by atoms with E-state index < -0.39 is 0 Å². The molecule has 0 radical (unpaired) electrons. The Bertz CT molecular complexity index is 565. The van der Waals surface area contributed by atoms with Crippen molar-refractivity contribution < 1.29 is 4.39 Å². The van der Waals surface area contributed by atoms with Gasteiger partial charge in [-0.25, -0.2) is 4.39 Å². The predicted octanol–water partition coefficient (Wildman–Crippen LogP) is 5.09. The third-order valence-electron chi connectivity index (χ3n) is 3.57. The molecule has 0 aromatic heterocycles. The maximum absolute atomic E-state index is 13.6. The highest BCUT2D eigenvalue weighted by Crippen LogP contribution is 2.34. The summed E-state index contributed by atoms with van der Waals surface area (Å²) < 4.78 is 14.3. The Balaban J connectivity index is 2.33. The van der Waals surface area contributed by atoms with Gasteiger partial charge in [-0.3, -0.25) is 0 Å². The van der Waals surface area contributed by atoms with Crippen LogP contribution in [-0.4, -0.2) is 6.54 Å². The van der Waals surface area contributed by atoms with E-state index in [4.69, 9.17) is 17.3 Å². The zero-order valence-electron chi connectivity index (χ0n) is 11.1. The monoisotopic (exact) mass is 355 g/mol. The fraction of sp³-hybridized carbons (Fsp3) is 0.250. The standard InChI is InChI=1S/C16H16BrClFN/c1-10(11-2-4-14(18)5-3-11)16(9-20)12-6-13(17)8-15(19)7-12/h2-8,10,16H,9,20H2,1H3. The molecule has 1 nitrogen and oxygen atoms in total. The van der Waals surface area contributed by atoms with Crippen LogP contribution in [0.5, 0.6) is 0 Å². The highest BCUT2D eigenvalue weighted by Gasteiger charge is 2.20. The number of hydrogen-bond donors (Lipinski definition) is 1. The van der Waals surface area contributed by atoms with Crippen LogP contribution in [0.25, 0.3) is 0 Å². The van der Waals surface area contributed by atoms with Crippen LogP contribution < -0.4 is 5.73 Å². The first-order valence-corrected chi connectivity index (χ1v) is 7.60. The molecule has 2 N–H and O–H groups in total. The van der Waals surface area contributed by atoms with Crippen molar-refractivity contribution in [2.24, 2.45) is 5.73 Å². The van der Waals surface area contributed by atoms with Gasteiger partial charge in [-0.2, -0.15) is 0 Å². The average Bonchev–Trinajstić information content (AvgIpc) is 2.39. The molecule has 0 fully saturated rings.